The van der Waals surface area contributed by atoms with Gasteiger partial charge in [0.1, 0.15) is 6.17 Å². The van der Waals surface area contributed by atoms with Gasteiger partial charge < -0.3 is 14.4 Å². The molecule has 2 heterocycles. The molecule has 0 radical (unpaired) electrons. The average molecular weight is 523 g/mol. The normalized spacial score (nSPS) is 19.8. The molecule has 0 amide bonds. The smallest absolute Gasteiger partial charge is 0.175 e. The van der Waals surface area contributed by atoms with Gasteiger partial charge in [-0.1, -0.05) is 91.0 Å². The molecule has 2 atom stereocenters. The first-order valence-corrected chi connectivity index (χ1v) is 15.1. The molecule has 4 heteroatoms. The van der Waals surface area contributed by atoms with Crippen molar-refractivity contribution in [2.24, 2.45) is 0 Å². The molecule has 0 fully saturated rings. The Balaban J connectivity index is 1.39. The van der Waals surface area contributed by atoms with Crippen LogP contribution in [0.5, 0.6) is 0 Å². The lowest BCUT2D eigenvalue weighted by molar-refractivity contribution is 0.592. The largest absolute Gasteiger partial charge is 0.352 e. The molecule has 0 saturated carbocycles. The van der Waals surface area contributed by atoms with E-state index in [4.69, 9.17) is 0 Å². The highest BCUT2D eigenvalue weighted by molar-refractivity contribution is 7.86. The quantitative estimate of drug-likeness (QED) is 0.226. The van der Waals surface area contributed by atoms with E-state index in [1.807, 2.05) is 30.3 Å². The zero-order valence-corrected chi connectivity index (χ0v) is 22.8. The van der Waals surface area contributed by atoms with E-state index in [1.165, 1.54) is 27.8 Å². The molecule has 5 aromatic carbocycles. The summed E-state index contributed by atoms with van der Waals surface area (Å²) in [5.41, 5.74) is 10.5. The Morgan fingerprint density at radius 1 is 0.667 bits per heavy atom. The summed E-state index contributed by atoms with van der Waals surface area (Å²) in [7, 11) is -1.00. The van der Waals surface area contributed by atoms with Gasteiger partial charge in [0.15, 0.2) is 7.14 Å². The van der Waals surface area contributed by atoms with Gasteiger partial charge in [0.25, 0.3) is 0 Å². The summed E-state index contributed by atoms with van der Waals surface area (Å²) in [4.78, 5) is 4.65. The summed E-state index contributed by atoms with van der Waals surface area (Å²) in [6, 6.07) is 40.1. The first-order valence-electron chi connectivity index (χ1n) is 13.4. The van der Waals surface area contributed by atoms with Gasteiger partial charge in [0.2, 0.25) is 0 Å². The monoisotopic (exact) mass is 522 g/mol. The molecule has 1 aliphatic carbocycles. The molecule has 5 aromatic rings. The van der Waals surface area contributed by atoms with Crippen molar-refractivity contribution in [2.75, 3.05) is 16.8 Å². The number of hydrogen-bond acceptors (Lipinski definition) is 3. The highest BCUT2D eigenvalue weighted by atomic mass is 31.2. The van der Waals surface area contributed by atoms with Crippen LogP contribution >= 0.6 is 7.14 Å². The molecule has 0 bridgehead atoms. The van der Waals surface area contributed by atoms with E-state index in [0.29, 0.717) is 0 Å². The third-order valence-corrected chi connectivity index (χ3v) is 11.7. The summed E-state index contributed by atoms with van der Waals surface area (Å²) >= 11 is 0. The Bertz CT molecular complexity index is 1840. The second-order valence-electron chi connectivity index (χ2n) is 10.6. The van der Waals surface area contributed by atoms with Gasteiger partial charge in [-0.25, -0.2) is 0 Å². The summed E-state index contributed by atoms with van der Waals surface area (Å²) in [5, 5.41) is 2.72. The molecule has 0 aromatic heterocycles. The molecule has 0 N–H and O–H groups in total. The van der Waals surface area contributed by atoms with Crippen molar-refractivity contribution in [3.63, 3.8) is 0 Å². The number of rotatable bonds is 2. The highest BCUT2D eigenvalue weighted by Crippen LogP contribution is 2.57. The van der Waals surface area contributed by atoms with E-state index in [2.05, 4.69) is 115 Å². The van der Waals surface area contributed by atoms with Crippen LogP contribution in [0.4, 0.5) is 17.1 Å². The van der Waals surface area contributed by atoms with Gasteiger partial charge in [-0.2, -0.15) is 0 Å². The molecular weight excluding hydrogens is 495 g/mol. The number of fused-ring (bicyclic) bond motifs is 5. The Kier molecular flexibility index (Phi) is 4.69. The maximum Gasteiger partial charge on any atom is 0.175 e. The van der Waals surface area contributed by atoms with Crippen molar-refractivity contribution in [1.82, 2.24) is 0 Å². The van der Waals surface area contributed by atoms with Crippen LogP contribution < -0.4 is 25.7 Å². The Morgan fingerprint density at radius 2 is 1.31 bits per heavy atom. The lowest BCUT2D eigenvalue weighted by Gasteiger charge is -2.37. The van der Waals surface area contributed by atoms with Crippen molar-refractivity contribution in [2.45, 2.75) is 13.1 Å². The maximum absolute atomic E-state index is 15.5. The second kappa shape index (κ2) is 8.09. The first kappa shape index (κ1) is 22.6. The van der Waals surface area contributed by atoms with Crippen molar-refractivity contribution < 1.29 is 4.57 Å². The van der Waals surface area contributed by atoms with Crippen molar-refractivity contribution >= 4 is 51.8 Å². The standard InChI is InChI=1S/C35H27N2OP/c1-23-36(2)32-17-10-18-33-35(32)37(23)31-20-19-24(22-34(31)39(33,38)25-11-4-3-5-12-25)21-30-28-15-8-6-13-26(28)27-14-7-9-16-29(27)30/h3-23H,1-2H3. The van der Waals surface area contributed by atoms with Crippen LogP contribution in [0.25, 0.3) is 22.8 Å². The third kappa shape index (κ3) is 2.97. The van der Waals surface area contributed by atoms with Gasteiger partial charge in [-0.05, 0) is 70.7 Å². The molecule has 2 aliphatic heterocycles. The molecule has 3 aliphatic rings. The van der Waals surface area contributed by atoms with Gasteiger partial charge in [-0.3, -0.25) is 0 Å². The van der Waals surface area contributed by atoms with Gasteiger partial charge in [0.05, 0.1) is 17.1 Å². The third-order valence-electron chi connectivity index (χ3n) is 8.64. The molecule has 0 spiro atoms. The Hall–Kier alpha value is -4.33. The molecule has 39 heavy (non-hydrogen) atoms. The van der Waals surface area contributed by atoms with Crippen LogP contribution in [0.3, 0.4) is 0 Å². The number of para-hydroxylation sites is 1. The van der Waals surface area contributed by atoms with Crippen LogP contribution in [-0.2, 0) is 4.57 Å². The SMILES string of the molecule is CC1N(C)c2cccc3c2N1c1ccc(C=C2c4ccccc4-c4ccccc42)cc1P3(=O)c1ccccc1. The fourth-order valence-electron chi connectivity index (χ4n) is 6.69. The number of anilines is 3. The summed E-state index contributed by atoms with van der Waals surface area (Å²) in [5.74, 6) is 0. The second-order valence-corrected chi connectivity index (χ2v) is 13.3. The lowest BCUT2D eigenvalue weighted by Crippen LogP contribution is -2.42. The van der Waals surface area contributed by atoms with Gasteiger partial charge in [0, 0.05) is 23.0 Å². The maximum atomic E-state index is 15.5. The molecule has 0 saturated heterocycles. The summed E-state index contributed by atoms with van der Waals surface area (Å²) < 4.78 is 15.5. The zero-order valence-electron chi connectivity index (χ0n) is 21.9. The Labute approximate surface area is 229 Å². The minimum Gasteiger partial charge on any atom is -0.352 e. The van der Waals surface area contributed by atoms with Gasteiger partial charge in [-0.15, -0.1) is 0 Å². The number of hydrogen-bond donors (Lipinski definition) is 0. The van der Waals surface area contributed by atoms with Crippen LogP contribution in [0.2, 0.25) is 0 Å². The minimum atomic E-state index is -3.12. The van der Waals surface area contributed by atoms with Gasteiger partial charge >= 0.3 is 0 Å². The zero-order chi connectivity index (χ0) is 26.3. The average Bonchev–Trinajstić information content (AvgIpc) is 3.44. The minimum absolute atomic E-state index is 0.127. The van der Waals surface area contributed by atoms with Crippen LogP contribution in [0, 0.1) is 0 Å². The molecule has 188 valence electrons. The topological polar surface area (TPSA) is 23.6 Å². The van der Waals surface area contributed by atoms with E-state index in [-0.39, 0.29) is 6.17 Å². The van der Waals surface area contributed by atoms with Crippen molar-refractivity contribution in [3.05, 3.63) is 132 Å². The van der Waals surface area contributed by atoms with E-state index < -0.39 is 7.14 Å². The fraction of sp³-hybridized carbons (Fsp3) is 0.0857. The van der Waals surface area contributed by atoms with Crippen molar-refractivity contribution in [1.29, 1.82) is 0 Å². The molecule has 3 nitrogen and oxygen atoms in total. The summed E-state index contributed by atoms with van der Waals surface area (Å²) in [6.45, 7) is 2.22. The highest BCUT2D eigenvalue weighted by Gasteiger charge is 2.46. The number of nitrogens with zero attached hydrogens (tertiary/aromatic N) is 2. The molecular formula is C35H27N2OP. The van der Waals surface area contributed by atoms with Crippen LogP contribution in [0.1, 0.15) is 23.6 Å². The van der Waals surface area contributed by atoms with E-state index in [9.17, 15) is 0 Å². The predicted octanol–water partition coefficient (Wildman–Crippen LogP) is 7.14. The predicted molar refractivity (Wildman–Crippen MR) is 165 cm³/mol. The number of benzene rings is 5. The van der Waals surface area contributed by atoms with E-state index in [0.717, 1.165) is 38.5 Å². The van der Waals surface area contributed by atoms with Crippen molar-refractivity contribution in [3.8, 4) is 11.1 Å². The van der Waals surface area contributed by atoms with E-state index >= 15 is 4.57 Å². The first-order chi connectivity index (χ1) is 19.1. The van der Waals surface area contributed by atoms with E-state index in [1.54, 1.807) is 0 Å². The fourth-order valence-corrected chi connectivity index (χ4v) is 9.75. The Morgan fingerprint density at radius 3 is 2.00 bits per heavy atom. The van der Waals surface area contributed by atoms with Crippen LogP contribution in [0.15, 0.2) is 115 Å². The lowest BCUT2D eigenvalue weighted by atomic mass is 10.0. The van der Waals surface area contributed by atoms with Crippen LogP contribution in [-0.4, -0.2) is 13.2 Å². The molecule has 2 unspecified atom stereocenters. The summed E-state index contributed by atoms with van der Waals surface area (Å²) in [6.07, 6.45) is 2.40. The molecule has 8 rings (SSSR count).